The summed E-state index contributed by atoms with van der Waals surface area (Å²) in [6, 6.07) is 8.76. The van der Waals surface area contributed by atoms with Crippen molar-refractivity contribution in [3.8, 4) is 0 Å². The van der Waals surface area contributed by atoms with Gasteiger partial charge in [-0.3, -0.25) is 4.79 Å². The number of benzene rings is 1. The molecule has 8 nitrogen and oxygen atoms in total. The Balaban J connectivity index is 2.07. The Morgan fingerprint density at radius 3 is 2.60 bits per heavy atom. The minimum Gasteiger partial charge on any atom is -0.481 e. The van der Waals surface area contributed by atoms with Gasteiger partial charge in [0.25, 0.3) is 0 Å². The molecule has 1 aliphatic rings. The molecule has 1 aromatic carbocycles. The van der Waals surface area contributed by atoms with Gasteiger partial charge in [-0.05, 0) is 25.0 Å². The Labute approximate surface area is 145 Å². The number of carboxylic acid groups (broad SMARTS) is 1. The second-order valence-electron chi connectivity index (χ2n) is 6.36. The van der Waals surface area contributed by atoms with Crippen molar-refractivity contribution in [3.05, 3.63) is 30.3 Å². The van der Waals surface area contributed by atoms with Gasteiger partial charge in [-0.2, -0.15) is 0 Å². The summed E-state index contributed by atoms with van der Waals surface area (Å²) in [4.78, 5) is 10.7. The third-order valence-electron chi connectivity index (χ3n) is 4.31. The van der Waals surface area contributed by atoms with E-state index >= 15 is 0 Å². The number of carbonyl (C=O) groups is 1. The molecule has 8 heteroatoms. The summed E-state index contributed by atoms with van der Waals surface area (Å²) in [6.45, 7) is -0.304. The fourth-order valence-corrected chi connectivity index (χ4v) is 2.92. The van der Waals surface area contributed by atoms with Gasteiger partial charge in [0.15, 0.2) is 5.79 Å². The summed E-state index contributed by atoms with van der Waals surface area (Å²) >= 11 is 0. The summed E-state index contributed by atoms with van der Waals surface area (Å²) in [6.07, 6.45) is -3.77. The maximum atomic E-state index is 10.7. The number of rotatable bonds is 8. The molecule has 5 atom stereocenters. The first-order valence-electron chi connectivity index (χ1n) is 8.26. The Hall–Kier alpha value is -1.71. The van der Waals surface area contributed by atoms with Crippen LogP contribution in [-0.4, -0.2) is 68.2 Å². The number of para-hydroxylation sites is 1. The number of aliphatic carboxylic acids is 1. The van der Waals surface area contributed by atoms with Crippen molar-refractivity contribution in [1.82, 2.24) is 0 Å². The first-order chi connectivity index (χ1) is 11.8. The van der Waals surface area contributed by atoms with Crippen molar-refractivity contribution < 1.29 is 35.1 Å². The van der Waals surface area contributed by atoms with E-state index in [9.17, 15) is 25.2 Å². The van der Waals surface area contributed by atoms with Gasteiger partial charge in [-0.1, -0.05) is 18.2 Å². The average Bonchev–Trinajstić information content (AvgIpc) is 2.57. The maximum absolute atomic E-state index is 10.7. The van der Waals surface area contributed by atoms with Crippen LogP contribution in [0.15, 0.2) is 30.3 Å². The normalized spacial score (nSPS) is 30.6. The number of hydrogen-bond donors (Lipinski definition) is 6. The SMILES string of the molecule is O=C(O)CCCC(CC1(O)OC[C@@H](O)[C@H](O)[C@H]1O)Nc1ccccc1. The maximum Gasteiger partial charge on any atom is 0.303 e. The molecule has 1 saturated heterocycles. The van der Waals surface area contributed by atoms with Crippen LogP contribution >= 0.6 is 0 Å². The van der Waals surface area contributed by atoms with Gasteiger partial charge in [-0.25, -0.2) is 0 Å². The monoisotopic (exact) mass is 355 g/mol. The summed E-state index contributed by atoms with van der Waals surface area (Å²) < 4.78 is 5.20. The number of ether oxygens (including phenoxy) is 1. The van der Waals surface area contributed by atoms with Crippen molar-refractivity contribution in [2.45, 2.75) is 55.8 Å². The molecule has 0 radical (unpaired) electrons. The molecular formula is C17H25NO7. The highest BCUT2D eigenvalue weighted by Gasteiger charge is 2.49. The molecule has 0 amide bonds. The summed E-state index contributed by atoms with van der Waals surface area (Å²) in [5, 5.41) is 52.0. The van der Waals surface area contributed by atoms with Crippen LogP contribution in [0.3, 0.4) is 0 Å². The van der Waals surface area contributed by atoms with Gasteiger partial charge in [-0.15, -0.1) is 0 Å². The van der Waals surface area contributed by atoms with Crippen LogP contribution in [-0.2, 0) is 9.53 Å². The molecule has 2 rings (SSSR count). The van der Waals surface area contributed by atoms with Crippen LogP contribution in [0.5, 0.6) is 0 Å². The van der Waals surface area contributed by atoms with E-state index in [1.165, 1.54) is 0 Å². The van der Waals surface area contributed by atoms with Gasteiger partial charge < -0.3 is 35.6 Å². The fraction of sp³-hybridized carbons (Fsp3) is 0.588. The highest BCUT2D eigenvalue weighted by molar-refractivity contribution is 5.66. The summed E-state index contributed by atoms with van der Waals surface area (Å²) in [7, 11) is 0. The van der Waals surface area contributed by atoms with Crippen molar-refractivity contribution >= 4 is 11.7 Å². The number of hydrogen-bond acceptors (Lipinski definition) is 7. The minimum absolute atomic E-state index is 0.0177. The van der Waals surface area contributed by atoms with Crippen LogP contribution in [0.4, 0.5) is 5.69 Å². The second kappa shape index (κ2) is 8.59. The van der Waals surface area contributed by atoms with E-state index in [1.807, 2.05) is 30.3 Å². The fourth-order valence-electron chi connectivity index (χ4n) is 2.92. The first-order valence-corrected chi connectivity index (χ1v) is 8.26. The first kappa shape index (κ1) is 19.6. The lowest BCUT2D eigenvalue weighted by atomic mass is 9.90. The summed E-state index contributed by atoms with van der Waals surface area (Å²) in [5.41, 5.74) is 0.775. The van der Waals surface area contributed by atoms with Gasteiger partial charge in [0.1, 0.15) is 18.3 Å². The third-order valence-corrected chi connectivity index (χ3v) is 4.31. The Bertz CT molecular complexity index is 555. The minimum atomic E-state index is -2.03. The molecule has 1 aromatic rings. The van der Waals surface area contributed by atoms with Gasteiger partial charge in [0.05, 0.1) is 6.61 Å². The Morgan fingerprint density at radius 2 is 1.96 bits per heavy atom. The van der Waals surface area contributed by atoms with E-state index in [2.05, 4.69) is 5.32 Å². The van der Waals surface area contributed by atoms with Crippen LogP contribution in [0.25, 0.3) is 0 Å². The summed E-state index contributed by atoms with van der Waals surface area (Å²) in [5.74, 6) is -2.95. The van der Waals surface area contributed by atoms with Crippen molar-refractivity contribution in [1.29, 1.82) is 0 Å². The van der Waals surface area contributed by atoms with E-state index in [4.69, 9.17) is 9.84 Å². The van der Waals surface area contributed by atoms with Gasteiger partial charge in [0, 0.05) is 24.6 Å². The van der Waals surface area contributed by atoms with Crippen molar-refractivity contribution in [2.75, 3.05) is 11.9 Å². The molecule has 2 unspecified atom stereocenters. The zero-order valence-electron chi connectivity index (χ0n) is 13.8. The lowest BCUT2D eigenvalue weighted by molar-refractivity contribution is -0.324. The van der Waals surface area contributed by atoms with E-state index < -0.39 is 36.1 Å². The molecule has 0 aliphatic carbocycles. The standard InChI is InChI=1S/C17H25NO7/c19-13-10-25-17(24,16(23)15(13)22)9-12(7-4-8-14(20)21)18-11-5-2-1-3-6-11/h1-3,5-6,12-13,15-16,18-19,22-24H,4,7-10H2,(H,20,21)/t12?,13-,15+,16-,17?/m1/s1. The second-order valence-corrected chi connectivity index (χ2v) is 6.36. The van der Waals surface area contributed by atoms with Crippen LogP contribution in [0, 0.1) is 0 Å². The predicted octanol–water partition coefficient (Wildman–Crippen LogP) is -0.0864. The molecule has 140 valence electrons. The van der Waals surface area contributed by atoms with Crippen molar-refractivity contribution in [3.63, 3.8) is 0 Å². The zero-order chi connectivity index (χ0) is 18.4. The molecule has 1 heterocycles. The van der Waals surface area contributed by atoms with Crippen LogP contribution < -0.4 is 5.32 Å². The quantitative estimate of drug-likeness (QED) is 0.380. The van der Waals surface area contributed by atoms with Crippen LogP contribution in [0.2, 0.25) is 0 Å². The molecule has 1 aliphatic heterocycles. The van der Waals surface area contributed by atoms with E-state index in [0.717, 1.165) is 5.69 Å². The molecule has 0 saturated carbocycles. The Kier molecular flexibility index (Phi) is 6.74. The van der Waals surface area contributed by atoms with E-state index in [-0.39, 0.29) is 19.4 Å². The highest BCUT2D eigenvalue weighted by Crippen LogP contribution is 2.30. The smallest absolute Gasteiger partial charge is 0.303 e. The Morgan fingerprint density at radius 1 is 1.28 bits per heavy atom. The van der Waals surface area contributed by atoms with Gasteiger partial charge in [0.2, 0.25) is 0 Å². The third kappa shape index (κ3) is 5.38. The topological polar surface area (TPSA) is 139 Å². The molecular weight excluding hydrogens is 330 g/mol. The number of nitrogens with one attached hydrogen (secondary N) is 1. The molecule has 1 fully saturated rings. The molecule has 6 N–H and O–H groups in total. The molecule has 0 aromatic heterocycles. The lowest BCUT2D eigenvalue weighted by Gasteiger charge is -2.43. The largest absolute Gasteiger partial charge is 0.481 e. The zero-order valence-corrected chi connectivity index (χ0v) is 13.8. The van der Waals surface area contributed by atoms with Crippen molar-refractivity contribution in [2.24, 2.45) is 0 Å². The van der Waals surface area contributed by atoms with Gasteiger partial charge >= 0.3 is 5.97 Å². The molecule has 0 spiro atoms. The highest BCUT2D eigenvalue weighted by atomic mass is 16.6. The number of carboxylic acids is 1. The van der Waals surface area contributed by atoms with E-state index in [0.29, 0.717) is 12.8 Å². The number of anilines is 1. The predicted molar refractivity (Wildman–Crippen MR) is 88.9 cm³/mol. The van der Waals surface area contributed by atoms with Crippen LogP contribution in [0.1, 0.15) is 25.7 Å². The lowest BCUT2D eigenvalue weighted by Crippen LogP contribution is -2.62. The molecule has 25 heavy (non-hydrogen) atoms. The number of aliphatic hydroxyl groups is 4. The average molecular weight is 355 g/mol. The molecule has 0 bridgehead atoms. The number of aliphatic hydroxyl groups excluding tert-OH is 3. The van der Waals surface area contributed by atoms with E-state index in [1.54, 1.807) is 0 Å².